The molecule has 0 bridgehead atoms. The summed E-state index contributed by atoms with van der Waals surface area (Å²) < 4.78 is 0. The summed E-state index contributed by atoms with van der Waals surface area (Å²) in [6, 6.07) is 6.21. The summed E-state index contributed by atoms with van der Waals surface area (Å²) in [5.74, 6) is 1.40. The van der Waals surface area contributed by atoms with Crippen LogP contribution in [0.4, 0.5) is 5.69 Å². The van der Waals surface area contributed by atoms with Gasteiger partial charge in [0.1, 0.15) is 0 Å². The molecule has 3 heteroatoms. The van der Waals surface area contributed by atoms with Gasteiger partial charge in [0, 0.05) is 36.6 Å². The third kappa shape index (κ3) is 3.76. The molecule has 1 aliphatic heterocycles. The lowest BCUT2D eigenvalue weighted by Gasteiger charge is -2.33. The molecule has 0 saturated heterocycles. The maximum atomic E-state index is 12.1. The van der Waals surface area contributed by atoms with Gasteiger partial charge in [0.15, 0.2) is 5.78 Å². The average molecular weight is 294 g/mol. The minimum absolute atomic E-state index is 0.212. The van der Waals surface area contributed by atoms with Crippen LogP contribution in [0.15, 0.2) is 18.2 Å². The quantitative estimate of drug-likeness (QED) is 0.576. The standard InChI is InChI=1S/C17H24ClNO/c1-13(2)12-19-10-4-5-14-7-8-15(11-16(14)19)17(20)6-3-9-18/h7-8,11,13H,3-6,9-10,12H2,1-2H3. The number of hydrogen-bond donors (Lipinski definition) is 0. The Morgan fingerprint density at radius 2 is 2.20 bits per heavy atom. The fraction of sp³-hybridized carbons (Fsp3) is 0.588. The summed E-state index contributed by atoms with van der Waals surface area (Å²) in [6.07, 6.45) is 3.64. The molecule has 110 valence electrons. The molecule has 0 N–H and O–H groups in total. The molecular formula is C17H24ClNO. The first-order chi connectivity index (χ1) is 9.61. The van der Waals surface area contributed by atoms with Crippen molar-refractivity contribution in [1.29, 1.82) is 0 Å². The van der Waals surface area contributed by atoms with Crippen LogP contribution in [0.1, 0.15) is 49.0 Å². The predicted octanol–water partition coefficient (Wildman–Crippen LogP) is 4.30. The molecule has 20 heavy (non-hydrogen) atoms. The van der Waals surface area contributed by atoms with Crippen molar-refractivity contribution < 1.29 is 4.79 Å². The zero-order chi connectivity index (χ0) is 14.5. The number of benzene rings is 1. The van der Waals surface area contributed by atoms with Gasteiger partial charge in [0.05, 0.1) is 0 Å². The second kappa shape index (κ2) is 7.12. The molecular weight excluding hydrogens is 270 g/mol. The zero-order valence-corrected chi connectivity index (χ0v) is 13.2. The van der Waals surface area contributed by atoms with Crippen LogP contribution in [0, 0.1) is 5.92 Å². The highest BCUT2D eigenvalue weighted by Crippen LogP contribution is 2.29. The van der Waals surface area contributed by atoms with E-state index in [1.807, 2.05) is 6.07 Å². The van der Waals surface area contributed by atoms with Crippen LogP contribution in [0.2, 0.25) is 0 Å². The van der Waals surface area contributed by atoms with Gasteiger partial charge in [-0.2, -0.15) is 0 Å². The van der Waals surface area contributed by atoms with E-state index in [4.69, 9.17) is 11.6 Å². The van der Waals surface area contributed by atoms with Gasteiger partial charge in [-0.15, -0.1) is 11.6 Å². The van der Waals surface area contributed by atoms with Crippen LogP contribution in [-0.2, 0) is 6.42 Å². The number of fused-ring (bicyclic) bond motifs is 1. The number of carbonyl (C=O) groups is 1. The smallest absolute Gasteiger partial charge is 0.162 e. The molecule has 0 fully saturated rings. The Bertz CT molecular complexity index is 470. The lowest BCUT2D eigenvalue weighted by Crippen LogP contribution is -2.32. The normalized spacial score (nSPS) is 14.5. The monoisotopic (exact) mass is 293 g/mol. The van der Waals surface area contributed by atoms with Gasteiger partial charge in [-0.3, -0.25) is 4.79 Å². The van der Waals surface area contributed by atoms with Gasteiger partial charge in [-0.05, 0) is 36.8 Å². The van der Waals surface area contributed by atoms with E-state index < -0.39 is 0 Å². The first-order valence-electron chi connectivity index (χ1n) is 7.59. The molecule has 1 aromatic rings. The van der Waals surface area contributed by atoms with Crippen molar-refractivity contribution in [3.63, 3.8) is 0 Å². The Morgan fingerprint density at radius 1 is 1.40 bits per heavy atom. The topological polar surface area (TPSA) is 20.3 Å². The summed E-state index contributed by atoms with van der Waals surface area (Å²) in [6.45, 7) is 6.64. The summed E-state index contributed by atoms with van der Waals surface area (Å²) in [5.41, 5.74) is 3.48. The van der Waals surface area contributed by atoms with E-state index in [2.05, 4.69) is 30.9 Å². The van der Waals surface area contributed by atoms with Crippen LogP contribution in [0.5, 0.6) is 0 Å². The molecule has 0 amide bonds. The van der Waals surface area contributed by atoms with Crippen molar-refractivity contribution in [3.05, 3.63) is 29.3 Å². The second-order valence-corrected chi connectivity index (χ2v) is 6.38. The number of hydrogen-bond acceptors (Lipinski definition) is 2. The third-order valence-electron chi connectivity index (χ3n) is 3.75. The molecule has 0 aliphatic carbocycles. The maximum absolute atomic E-state index is 12.1. The van der Waals surface area contributed by atoms with E-state index in [9.17, 15) is 4.79 Å². The molecule has 0 aromatic heterocycles. The summed E-state index contributed by atoms with van der Waals surface area (Å²) in [5, 5.41) is 0. The van der Waals surface area contributed by atoms with Gasteiger partial charge < -0.3 is 4.90 Å². The molecule has 0 atom stereocenters. The highest BCUT2D eigenvalue weighted by Gasteiger charge is 2.19. The SMILES string of the molecule is CC(C)CN1CCCc2ccc(C(=O)CCCCl)cc21. The van der Waals surface area contributed by atoms with E-state index in [1.54, 1.807) is 0 Å². The molecule has 0 saturated carbocycles. The van der Waals surface area contributed by atoms with E-state index in [0.29, 0.717) is 18.2 Å². The lowest BCUT2D eigenvalue weighted by molar-refractivity contribution is 0.0982. The number of alkyl halides is 1. The fourth-order valence-electron chi connectivity index (χ4n) is 2.83. The van der Waals surface area contributed by atoms with Gasteiger partial charge in [0.2, 0.25) is 0 Å². The molecule has 1 aromatic carbocycles. The van der Waals surface area contributed by atoms with Crippen molar-refractivity contribution in [3.8, 4) is 0 Å². The summed E-state index contributed by atoms with van der Waals surface area (Å²) in [7, 11) is 0. The Labute approximate surface area is 127 Å². The Balaban J connectivity index is 2.21. The number of aryl methyl sites for hydroxylation is 1. The van der Waals surface area contributed by atoms with E-state index >= 15 is 0 Å². The number of carbonyl (C=O) groups excluding carboxylic acids is 1. The van der Waals surface area contributed by atoms with Gasteiger partial charge in [-0.1, -0.05) is 26.0 Å². The van der Waals surface area contributed by atoms with Gasteiger partial charge in [-0.25, -0.2) is 0 Å². The maximum Gasteiger partial charge on any atom is 0.162 e. The van der Waals surface area contributed by atoms with Crippen molar-refractivity contribution in [2.75, 3.05) is 23.9 Å². The van der Waals surface area contributed by atoms with Crippen LogP contribution in [0.3, 0.4) is 0 Å². The Kier molecular flexibility index (Phi) is 5.47. The number of nitrogens with zero attached hydrogens (tertiary/aromatic N) is 1. The fourth-order valence-corrected chi connectivity index (χ4v) is 2.96. The van der Waals surface area contributed by atoms with Crippen LogP contribution >= 0.6 is 11.6 Å². The highest BCUT2D eigenvalue weighted by atomic mass is 35.5. The van der Waals surface area contributed by atoms with Crippen LogP contribution in [0.25, 0.3) is 0 Å². The van der Waals surface area contributed by atoms with Gasteiger partial charge >= 0.3 is 0 Å². The summed E-state index contributed by atoms with van der Waals surface area (Å²) in [4.78, 5) is 14.6. The van der Waals surface area contributed by atoms with Crippen LogP contribution in [-0.4, -0.2) is 24.8 Å². The van der Waals surface area contributed by atoms with E-state index in [-0.39, 0.29) is 5.78 Å². The molecule has 2 nitrogen and oxygen atoms in total. The van der Waals surface area contributed by atoms with Crippen molar-refractivity contribution in [1.82, 2.24) is 0 Å². The van der Waals surface area contributed by atoms with Crippen molar-refractivity contribution in [2.45, 2.75) is 39.5 Å². The zero-order valence-electron chi connectivity index (χ0n) is 12.5. The number of halogens is 1. The highest BCUT2D eigenvalue weighted by molar-refractivity contribution is 6.18. The first-order valence-corrected chi connectivity index (χ1v) is 8.12. The molecule has 0 unspecified atom stereocenters. The molecule has 2 rings (SSSR count). The minimum Gasteiger partial charge on any atom is -0.371 e. The Hall–Kier alpha value is -1.02. The summed E-state index contributed by atoms with van der Waals surface area (Å²) >= 11 is 5.67. The Morgan fingerprint density at radius 3 is 2.90 bits per heavy atom. The third-order valence-corrected chi connectivity index (χ3v) is 4.01. The predicted molar refractivity (Wildman–Crippen MR) is 86.1 cm³/mol. The van der Waals surface area contributed by atoms with E-state index in [1.165, 1.54) is 17.7 Å². The first kappa shape index (κ1) is 15.4. The molecule has 0 spiro atoms. The number of ketones is 1. The minimum atomic E-state index is 0.212. The van der Waals surface area contributed by atoms with Crippen LogP contribution < -0.4 is 4.90 Å². The number of anilines is 1. The second-order valence-electron chi connectivity index (χ2n) is 6.00. The van der Waals surface area contributed by atoms with Gasteiger partial charge in [0.25, 0.3) is 0 Å². The molecule has 0 radical (unpaired) electrons. The number of rotatable bonds is 6. The number of Topliss-reactive ketones (excluding diaryl/α,β-unsaturated/α-hetero) is 1. The average Bonchev–Trinajstić information content (AvgIpc) is 2.44. The largest absolute Gasteiger partial charge is 0.371 e. The lowest BCUT2D eigenvalue weighted by atomic mass is 9.96. The molecule has 1 aliphatic rings. The van der Waals surface area contributed by atoms with E-state index in [0.717, 1.165) is 31.5 Å². The van der Waals surface area contributed by atoms with Crippen molar-refractivity contribution in [2.24, 2.45) is 5.92 Å². The molecule has 1 heterocycles. The van der Waals surface area contributed by atoms with Crippen molar-refractivity contribution >= 4 is 23.1 Å².